The second-order valence-electron chi connectivity index (χ2n) is 6.40. The lowest BCUT2D eigenvalue weighted by Gasteiger charge is -2.35. The topological polar surface area (TPSA) is 52.7 Å². The van der Waals surface area contributed by atoms with E-state index in [1.807, 2.05) is 4.90 Å². The van der Waals surface area contributed by atoms with Crippen molar-refractivity contribution in [3.63, 3.8) is 0 Å². The Morgan fingerprint density at radius 1 is 0.966 bits per heavy atom. The van der Waals surface area contributed by atoms with Gasteiger partial charge in [0.25, 0.3) is 0 Å². The summed E-state index contributed by atoms with van der Waals surface area (Å²) in [5.74, 6) is -2.22. The lowest BCUT2D eigenvalue weighted by molar-refractivity contribution is -0.143. The van der Waals surface area contributed by atoms with Crippen LogP contribution in [0.4, 0.5) is 28.9 Å². The molecular formula is C19H16ClF4N3O2. The summed E-state index contributed by atoms with van der Waals surface area (Å²) < 4.78 is 51.8. The molecule has 0 unspecified atom stereocenters. The van der Waals surface area contributed by atoms with Crippen LogP contribution >= 0.6 is 11.6 Å². The molecule has 29 heavy (non-hydrogen) atoms. The average molecular weight is 430 g/mol. The molecule has 0 atom stereocenters. The molecule has 0 radical (unpaired) electrons. The van der Waals surface area contributed by atoms with Crippen LogP contribution < -0.4 is 10.2 Å². The molecule has 1 aliphatic heterocycles. The number of halogens is 5. The third-order valence-corrected chi connectivity index (χ3v) is 4.81. The van der Waals surface area contributed by atoms with Crippen LogP contribution in [0.25, 0.3) is 0 Å². The van der Waals surface area contributed by atoms with Crippen molar-refractivity contribution in [1.29, 1.82) is 0 Å². The van der Waals surface area contributed by atoms with E-state index in [1.165, 1.54) is 23.1 Å². The molecule has 154 valence electrons. The van der Waals surface area contributed by atoms with E-state index in [9.17, 15) is 27.2 Å². The second kappa shape index (κ2) is 8.28. The largest absolute Gasteiger partial charge is 0.417 e. The standard InChI is InChI=1S/C19H16ClF4N3O2/c20-16-6-3-13(11-15(16)19(22,23)24)25-17(28)18(29)27-9-7-26(8-10-27)14-4-1-12(21)2-5-14/h1-6,11H,7-10H2,(H,25,28). The first-order chi connectivity index (χ1) is 13.6. The van der Waals surface area contributed by atoms with E-state index in [1.54, 1.807) is 12.1 Å². The SMILES string of the molecule is O=C(Nc1ccc(Cl)c(C(F)(F)F)c1)C(=O)N1CCN(c2ccc(F)cc2)CC1. The number of nitrogens with one attached hydrogen (secondary N) is 1. The summed E-state index contributed by atoms with van der Waals surface area (Å²) in [4.78, 5) is 27.8. The molecule has 0 spiro atoms. The minimum absolute atomic E-state index is 0.176. The summed E-state index contributed by atoms with van der Waals surface area (Å²) in [6, 6.07) is 8.79. The molecule has 2 amide bonds. The van der Waals surface area contributed by atoms with Gasteiger partial charge in [-0.1, -0.05) is 11.6 Å². The Morgan fingerprint density at radius 3 is 2.17 bits per heavy atom. The van der Waals surface area contributed by atoms with Gasteiger partial charge in [0.1, 0.15) is 5.82 Å². The fourth-order valence-corrected chi connectivity index (χ4v) is 3.19. The molecule has 5 nitrogen and oxygen atoms in total. The predicted octanol–water partition coefficient (Wildman–Crippen LogP) is 3.79. The summed E-state index contributed by atoms with van der Waals surface area (Å²) in [6.07, 6.45) is -4.68. The first-order valence-corrected chi connectivity index (χ1v) is 9.00. The van der Waals surface area contributed by atoms with Crippen LogP contribution in [0.15, 0.2) is 42.5 Å². The van der Waals surface area contributed by atoms with E-state index >= 15 is 0 Å². The molecule has 1 saturated heterocycles. The summed E-state index contributed by atoms with van der Waals surface area (Å²) in [6.45, 7) is 1.36. The summed E-state index contributed by atoms with van der Waals surface area (Å²) in [5, 5.41) is 1.68. The van der Waals surface area contributed by atoms with Gasteiger partial charge >= 0.3 is 18.0 Å². The van der Waals surface area contributed by atoms with Crippen LogP contribution in [-0.4, -0.2) is 42.9 Å². The van der Waals surface area contributed by atoms with Crippen LogP contribution in [0, 0.1) is 5.82 Å². The number of nitrogens with zero attached hydrogens (tertiary/aromatic N) is 2. The smallest absolute Gasteiger partial charge is 0.368 e. The first kappa shape index (κ1) is 20.9. The maximum Gasteiger partial charge on any atom is 0.417 e. The minimum Gasteiger partial charge on any atom is -0.368 e. The highest BCUT2D eigenvalue weighted by molar-refractivity contribution is 6.39. The van der Waals surface area contributed by atoms with E-state index in [4.69, 9.17) is 11.6 Å². The number of carbonyl (C=O) groups is 2. The number of anilines is 2. The highest BCUT2D eigenvalue weighted by Crippen LogP contribution is 2.36. The number of carbonyl (C=O) groups excluding carboxylic acids is 2. The van der Waals surface area contributed by atoms with E-state index in [0.29, 0.717) is 19.2 Å². The zero-order chi connectivity index (χ0) is 21.2. The maximum absolute atomic E-state index is 13.0. The van der Waals surface area contributed by atoms with Crippen molar-refractivity contribution in [1.82, 2.24) is 4.90 Å². The number of benzene rings is 2. The van der Waals surface area contributed by atoms with Crippen molar-refractivity contribution in [2.45, 2.75) is 6.18 Å². The van der Waals surface area contributed by atoms with E-state index in [-0.39, 0.29) is 24.6 Å². The van der Waals surface area contributed by atoms with Crippen molar-refractivity contribution >= 4 is 34.8 Å². The normalized spacial score (nSPS) is 14.7. The van der Waals surface area contributed by atoms with Gasteiger partial charge in [-0.15, -0.1) is 0 Å². The van der Waals surface area contributed by atoms with Gasteiger partial charge in [-0.25, -0.2) is 4.39 Å². The Morgan fingerprint density at radius 2 is 1.59 bits per heavy atom. The quantitative estimate of drug-likeness (QED) is 0.584. The molecule has 0 aliphatic carbocycles. The maximum atomic E-state index is 13.0. The zero-order valence-corrected chi connectivity index (χ0v) is 15.7. The number of rotatable bonds is 2. The second-order valence-corrected chi connectivity index (χ2v) is 6.81. The first-order valence-electron chi connectivity index (χ1n) is 8.62. The Hall–Kier alpha value is -2.81. The molecule has 1 N–H and O–H groups in total. The molecule has 1 heterocycles. The summed E-state index contributed by atoms with van der Waals surface area (Å²) in [7, 11) is 0. The number of hydrogen-bond acceptors (Lipinski definition) is 3. The number of alkyl halides is 3. The van der Waals surface area contributed by atoms with Crippen molar-refractivity contribution < 1.29 is 27.2 Å². The van der Waals surface area contributed by atoms with Crippen molar-refractivity contribution in [3.8, 4) is 0 Å². The highest BCUT2D eigenvalue weighted by Gasteiger charge is 2.34. The van der Waals surface area contributed by atoms with Crippen LogP contribution in [0.5, 0.6) is 0 Å². The van der Waals surface area contributed by atoms with Crippen molar-refractivity contribution in [2.24, 2.45) is 0 Å². The van der Waals surface area contributed by atoms with Gasteiger partial charge in [-0.2, -0.15) is 13.2 Å². The fourth-order valence-electron chi connectivity index (χ4n) is 2.97. The molecule has 1 fully saturated rings. The molecule has 2 aromatic carbocycles. The molecular weight excluding hydrogens is 414 g/mol. The lowest BCUT2D eigenvalue weighted by Crippen LogP contribution is -2.51. The molecule has 0 aromatic heterocycles. The van der Waals surface area contributed by atoms with Crippen molar-refractivity contribution in [2.75, 3.05) is 36.4 Å². The Kier molecular flexibility index (Phi) is 5.97. The molecule has 0 bridgehead atoms. The molecule has 10 heteroatoms. The Labute approximate surface area is 168 Å². The summed E-state index contributed by atoms with van der Waals surface area (Å²) >= 11 is 5.54. The molecule has 0 saturated carbocycles. The van der Waals surface area contributed by atoms with E-state index < -0.39 is 28.6 Å². The predicted molar refractivity (Wildman–Crippen MR) is 100 cm³/mol. The molecule has 3 rings (SSSR count). The van der Waals surface area contributed by atoms with Crippen LogP contribution in [-0.2, 0) is 15.8 Å². The van der Waals surface area contributed by atoms with E-state index in [2.05, 4.69) is 5.32 Å². The number of piperazine rings is 1. The van der Waals surface area contributed by atoms with Gasteiger partial charge in [-0.05, 0) is 42.5 Å². The average Bonchev–Trinajstić information content (AvgIpc) is 2.68. The van der Waals surface area contributed by atoms with Crippen molar-refractivity contribution in [3.05, 3.63) is 58.9 Å². The van der Waals surface area contributed by atoms with Crippen LogP contribution in [0.2, 0.25) is 5.02 Å². The van der Waals surface area contributed by atoms with Gasteiger partial charge in [0, 0.05) is 37.6 Å². The fraction of sp³-hybridized carbons (Fsp3) is 0.263. The van der Waals surface area contributed by atoms with Crippen LogP contribution in [0.1, 0.15) is 5.56 Å². The number of hydrogen-bond donors (Lipinski definition) is 1. The van der Waals surface area contributed by atoms with Gasteiger partial charge in [-0.3, -0.25) is 9.59 Å². The number of amides is 2. The summed E-state index contributed by atoms with van der Waals surface area (Å²) in [5.41, 5.74) is -0.480. The third-order valence-electron chi connectivity index (χ3n) is 4.48. The minimum atomic E-state index is -4.68. The highest BCUT2D eigenvalue weighted by atomic mass is 35.5. The molecule has 2 aromatic rings. The van der Waals surface area contributed by atoms with Crippen LogP contribution in [0.3, 0.4) is 0 Å². The monoisotopic (exact) mass is 429 g/mol. The third kappa shape index (κ3) is 4.97. The lowest BCUT2D eigenvalue weighted by atomic mass is 10.2. The van der Waals surface area contributed by atoms with Gasteiger partial charge in [0.15, 0.2) is 0 Å². The van der Waals surface area contributed by atoms with Gasteiger partial charge in [0.05, 0.1) is 10.6 Å². The Balaban J connectivity index is 1.60. The Bertz CT molecular complexity index is 911. The van der Waals surface area contributed by atoms with Gasteiger partial charge < -0.3 is 15.1 Å². The van der Waals surface area contributed by atoms with Gasteiger partial charge in [0.2, 0.25) is 0 Å². The van der Waals surface area contributed by atoms with E-state index in [0.717, 1.165) is 11.8 Å². The zero-order valence-electron chi connectivity index (χ0n) is 15.0. The molecule has 1 aliphatic rings.